The van der Waals surface area contributed by atoms with Crippen LogP contribution in [0.5, 0.6) is 0 Å². The van der Waals surface area contributed by atoms with Gasteiger partial charge in [-0.1, -0.05) is 18.2 Å². The number of nitrogens with zero attached hydrogens (tertiary/aromatic N) is 4. The number of nitrogens with one attached hydrogen (secondary N) is 1. The first-order valence-electron chi connectivity index (χ1n) is 10.2. The number of fused-ring (bicyclic) bond motifs is 1. The van der Waals surface area contributed by atoms with E-state index in [1.807, 2.05) is 28.8 Å². The molecule has 5 rings (SSSR count). The van der Waals surface area contributed by atoms with Crippen molar-refractivity contribution >= 4 is 23.1 Å². The lowest BCUT2D eigenvalue weighted by atomic mass is 9.99. The zero-order valence-electron chi connectivity index (χ0n) is 16.9. The quantitative estimate of drug-likeness (QED) is 0.529. The Morgan fingerprint density at radius 3 is 2.61 bits per heavy atom. The van der Waals surface area contributed by atoms with Gasteiger partial charge in [0.05, 0.1) is 0 Å². The number of amides is 1. The molecule has 156 valence electrons. The summed E-state index contributed by atoms with van der Waals surface area (Å²) in [4.78, 5) is 25.9. The lowest BCUT2D eigenvalue weighted by molar-refractivity contribution is 0.0835. The second-order valence-corrected chi connectivity index (χ2v) is 7.48. The lowest BCUT2D eigenvalue weighted by Gasteiger charge is -2.20. The molecule has 0 aliphatic carbocycles. The van der Waals surface area contributed by atoms with Crippen LogP contribution in [-0.2, 0) is 4.74 Å². The third-order valence-electron chi connectivity index (χ3n) is 5.52. The molecular weight excluding hydrogens is 392 g/mol. The number of hydrogen-bond acceptors (Lipinski definition) is 6. The Hall–Kier alpha value is -3.78. The van der Waals surface area contributed by atoms with Crippen LogP contribution < -0.4 is 11.1 Å². The van der Waals surface area contributed by atoms with Crippen LogP contribution in [0.2, 0.25) is 0 Å². The van der Waals surface area contributed by atoms with Gasteiger partial charge in [-0.2, -0.15) is 0 Å². The molecule has 0 spiro atoms. The average molecular weight is 414 g/mol. The molecule has 0 bridgehead atoms. The van der Waals surface area contributed by atoms with E-state index < -0.39 is 0 Å². The summed E-state index contributed by atoms with van der Waals surface area (Å²) in [5.41, 5.74) is 9.20. The summed E-state index contributed by atoms with van der Waals surface area (Å²) in [6.45, 7) is 1.46. The van der Waals surface area contributed by atoms with E-state index >= 15 is 0 Å². The number of pyridine rings is 1. The molecule has 4 heterocycles. The van der Waals surface area contributed by atoms with Gasteiger partial charge in [0.1, 0.15) is 28.7 Å². The molecule has 0 radical (unpaired) electrons. The minimum Gasteiger partial charge on any atom is -0.382 e. The van der Waals surface area contributed by atoms with Crippen molar-refractivity contribution in [3.05, 3.63) is 72.4 Å². The molecule has 0 atom stereocenters. The number of ether oxygens (including phenoxy) is 1. The summed E-state index contributed by atoms with van der Waals surface area (Å²) in [7, 11) is 0. The van der Waals surface area contributed by atoms with Crippen LogP contribution in [0.4, 0.5) is 11.6 Å². The van der Waals surface area contributed by atoms with Crippen LogP contribution in [0.25, 0.3) is 16.8 Å². The molecule has 8 heteroatoms. The van der Waals surface area contributed by atoms with Gasteiger partial charge in [0.25, 0.3) is 5.91 Å². The molecule has 1 saturated heterocycles. The van der Waals surface area contributed by atoms with Crippen molar-refractivity contribution in [1.29, 1.82) is 0 Å². The van der Waals surface area contributed by atoms with Crippen molar-refractivity contribution in [2.24, 2.45) is 0 Å². The topological polar surface area (TPSA) is 107 Å². The standard InChI is InChI=1S/C23H22N6O2/c24-21-20-19(28-22(29(20)12-11-26-21)16-8-13-31-14-9-16)15-4-6-17(7-5-15)23(30)27-18-3-1-2-10-25-18/h1-7,10-12,16H,8-9,13-14H2,(H2,24,26)(H,25,27,30). The van der Waals surface area contributed by atoms with Crippen molar-refractivity contribution in [1.82, 2.24) is 19.4 Å². The SMILES string of the molecule is Nc1nccn2c(C3CCOCC3)nc(-c3ccc(C(=O)Nc4ccccn4)cc3)c12. The molecule has 1 fully saturated rings. The van der Waals surface area contributed by atoms with E-state index in [1.54, 1.807) is 36.7 Å². The number of anilines is 2. The Balaban J connectivity index is 1.48. The third kappa shape index (κ3) is 3.73. The van der Waals surface area contributed by atoms with Crippen LogP contribution in [0.1, 0.15) is 34.9 Å². The number of benzene rings is 1. The normalized spacial score (nSPS) is 14.6. The van der Waals surface area contributed by atoms with Crippen LogP contribution in [0, 0.1) is 0 Å². The fraction of sp³-hybridized carbons (Fsp3) is 0.217. The van der Waals surface area contributed by atoms with Crippen molar-refractivity contribution < 1.29 is 9.53 Å². The van der Waals surface area contributed by atoms with E-state index in [1.165, 1.54) is 0 Å². The zero-order valence-corrected chi connectivity index (χ0v) is 16.9. The maximum atomic E-state index is 12.5. The molecule has 3 aromatic heterocycles. The molecule has 1 aromatic carbocycles. The monoisotopic (exact) mass is 414 g/mol. The summed E-state index contributed by atoms with van der Waals surface area (Å²) in [5, 5.41) is 2.79. The van der Waals surface area contributed by atoms with Crippen molar-refractivity contribution in [3.8, 4) is 11.3 Å². The molecule has 1 amide bonds. The van der Waals surface area contributed by atoms with Gasteiger partial charge in [-0.3, -0.25) is 9.20 Å². The van der Waals surface area contributed by atoms with Crippen molar-refractivity contribution in [3.63, 3.8) is 0 Å². The molecule has 4 aromatic rings. The number of hydrogen-bond donors (Lipinski definition) is 2. The second-order valence-electron chi connectivity index (χ2n) is 7.48. The summed E-state index contributed by atoms with van der Waals surface area (Å²) >= 11 is 0. The fourth-order valence-electron chi connectivity index (χ4n) is 3.94. The Morgan fingerprint density at radius 2 is 1.87 bits per heavy atom. The number of imidazole rings is 1. The predicted octanol–water partition coefficient (Wildman–Crippen LogP) is 3.52. The van der Waals surface area contributed by atoms with Gasteiger partial charge in [0.15, 0.2) is 0 Å². The molecule has 0 unspecified atom stereocenters. The molecule has 8 nitrogen and oxygen atoms in total. The van der Waals surface area contributed by atoms with E-state index in [4.69, 9.17) is 15.5 Å². The fourth-order valence-corrected chi connectivity index (χ4v) is 3.94. The minimum atomic E-state index is -0.218. The lowest BCUT2D eigenvalue weighted by Crippen LogP contribution is -2.16. The van der Waals surface area contributed by atoms with Gasteiger partial charge in [-0.15, -0.1) is 0 Å². The molecule has 31 heavy (non-hydrogen) atoms. The second kappa shape index (κ2) is 8.16. The molecule has 0 saturated carbocycles. The van der Waals surface area contributed by atoms with E-state index in [2.05, 4.69) is 15.3 Å². The first-order chi connectivity index (χ1) is 15.2. The third-order valence-corrected chi connectivity index (χ3v) is 5.52. The molecular formula is C23H22N6O2. The van der Waals surface area contributed by atoms with Crippen molar-refractivity contribution in [2.75, 3.05) is 24.3 Å². The number of aromatic nitrogens is 4. The highest BCUT2D eigenvalue weighted by Crippen LogP contribution is 2.34. The summed E-state index contributed by atoms with van der Waals surface area (Å²) in [6, 6.07) is 12.7. The summed E-state index contributed by atoms with van der Waals surface area (Å²) < 4.78 is 7.55. The Morgan fingerprint density at radius 1 is 1.06 bits per heavy atom. The number of carbonyl (C=O) groups excluding carboxylic acids is 1. The van der Waals surface area contributed by atoms with E-state index in [-0.39, 0.29) is 5.91 Å². The highest BCUT2D eigenvalue weighted by molar-refractivity contribution is 6.04. The van der Waals surface area contributed by atoms with Gasteiger partial charge in [-0.05, 0) is 37.1 Å². The number of carbonyl (C=O) groups is 1. The van der Waals surface area contributed by atoms with Crippen LogP contribution >= 0.6 is 0 Å². The van der Waals surface area contributed by atoms with E-state index in [0.29, 0.717) is 23.1 Å². The maximum absolute atomic E-state index is 12.5. The van der Waals surface area contributed by atoms with Gasteiger partial charge in [0.2, 0.25) is 0 Å². The number of nitrogens with two attached hydrogens (primary N) is 1. The van der Waals surface area contributed by atoms with Crippen LogP contribution in [0.3, 0.4) is 0 Å². The van der Waals surface area contributed by atoms with Gasteiger partial charge < -0.3 is 15.8 Å². The average Bonchev–Trinajstić information content (AvgIpc) is 3.21. The summed E-state index contributed by atoms with van der Waals surface area (Å²) in [6.07, 6.45) is 7.08. The summed E-state index contributed by atoms with van der Waals surface area (Å²) in [5.74, 6) is 2.00. The highest BCUT2D eigenvalue weighted by Gasteiger charge is 2.24. The van der Waals surface area contributed by atoms with E-state index in [9.17, 15) is 4.79 Å². The molecule has 1 aliphatic rings. The van der Waals surface area contributed by atoms with Crippen molar-refractivity contribution in [2.45, 2.75) is 18.8 Å². The van der Waals surface area contributed by atoms with Crippen LogP contribution in [-0.4, -0.2) is 38.5 Å². The van der Waals surface area contributed by atoms with Gasteiger partial charge in [-0.25, -0.2) is 15.0 Å². The van der Waals surface area contributed by atoms with Gasteiger partial charge in [0, 0.05) is 48.8 Å². The first kappa shape index (κ1) is 19.2. The Bertz CT molecular complexity index is 1210. The minimum absolute atomic E-state index is 0.218. The van der Waals surface area contributed by atoms with Gasteiger partial charge >= 0.3 is 0 Å². The predicted molar refractivity (Wildman–Crippen MR) is 118 cm³/mol. The molecule has 1 aliphatic heterocycles. The van der Waals surface area contributed by atoms with Crippen LogP contribution in [0.15, 0.2) is 61.1 Å². The molecule has 3 N–H and O–H groups in total. The van der Waals surface area contributed by atoms with E-state index in [0.717, 1.165) is 48.7 Å². The Labute approximate surface area is 179 Å². The smallest absolute Gasteiger partial charge is 0.256 e. The first-order valence-corrected chi connectivity index (χ1v) is 10.2. The Kier molecular flexibility index (Phi) is 5.05. The number of nitrogen functional groups attached to an aromatic ring is 1. The zero-order chi connectivity index (χ0) is 21.2. The largest absolute Gasteiger partial charge is 0.382 e. The maximum Gasteiger partial charge on any atom is 0.256 e. The highest BCUT2D eigenvalue weighted by atomic mass is 16.5. The number of rotatable bonds is 4.